The van der Waals surface area contributed by atoms with Crippen LogP contribution in [0.4, 0.5) is 5.82 Å². The van der Waals surface area contributed by atoms with Crippen LogP contribution >= 0.6 is 23.1 Å². The first-order chi connectivity index (χ1) is 8.67. The Hall–Kier alpha value is -1.14. The summed E-state index contributed by atoms with van der Waals surface area (Å²) < 4.78 is 0. The number of rotatable bonds is 5. The van der Waals surface area contributed by atoms with Gasteiger partial charge >= 0.3 is 0 Å². The van der Waals surface area contributed by atoms with E-state index in [2.05, 4.69) is 27.3 Å². The number of thiazole rings is 1. The van der Waals surface area contributed by atoms with Gasteiger partial charge in [-0.2, -0.15) is 0 Å². The molecule has 0 saturated carbocycles. The van der Waals surface area contributed by atoms with Crippen LogP contribution in [0.5, 0.6) is 0 Å². The van der Waals surface area contributed by atoms with Crippen molar-refractivity contribution in [1.29, 1.82) is 0 Å². The van der Waals surface area contributed by atoms with Crippen LogP contribution in [0.3, 0.4) is 0 Å². The van der Waals surface area contributed by atoms with Crippen molar-refractivity contribution in [2.24, 2.45) is 0 Å². The Morgan fingerprint density at radius 2 is 2.17 bits per heavy atom. The van der Waals surface area contributed by atoms with Gasteiger partial charge in [0.15, 0.2) is 5.16 Å². The van der Waals surface area contributed by atoms with Gasteiger partial charge in [0.05, 0.1) is 10.7 Å². The molecule has 0 radical (unpaired) electrons. The standard InChI is InChI=1S/C12H16N4S2/c1-3-4-11-15-9(6-17-11)7-18-12-14-8(2)5-10(13)16-12/h5-6H,3-4,7H2,1-2H3,(H2,13,14,16). The van der Waals surface area contributed by atoms with Gasteiger partial charge in [0.25, 0.3) is 0 Å². The Balaban J connectivity index is 1.97. The zero-order valence-corrected chi connectivity index (χ0v) is 12.1. The lowest BCUT2D eigenvalue weighted by Crippen LogP contribution is -1.96. The summed E-state index contributed by atoms with van der Waals surface area (Å²) in [5, 5.41) is 4.03. The lowest BCUT2D eigenvalue weighted by atomic mass is 10.3. The van der Waals surface area contributed by atoms with Crippen LogP contribution in [-0.4, -0.2) is 15.0 Å². The fraction of sp³-hybridized carbons (Fsp3) is 0.417. The molecule has 0 fully saturated rings. The number of nitrogens with zero attached hydrogens (tertiary/aromatic N) is 3. The van der Waals surface area contributed by atoms with Crippen molar-refractivity contribution in [3.63, 3.8) is 0 Å². The summed E-state index contributed by atoms with van der Waals surface area (Å²) in [4.78, 5) is 13.1. The lowest BCUT2D eigenvalue weighted by Gasteiger charge is -2.01. The molecule has 0 aliphatic carbocycles. The van der Waals surface area contributed by atoms with Crippen molar-refractivity contribution in [1.82, 2.24) is 15.0 Å². The van der Waals surface area contributed by atoms with Gasteiger partial charge in [-0.25, -0.2) is 15.0 Å². The molecule has 2 rings (SSSR count). The Morgan fingerprint density at radius 1 is 1.33 bits per heavy atom. The van der Waals surface area contributed by atoms with Gasteiger partial charge < -0.3 is 5.73 Å². The van der Waals surface area contributed by atoms with Crippen LogP contribution in [0.1, 0.15) is 29.7 Å². The summed E-state index contributed by atoms with van der Waals surface area (Å²) in [6.45, 7) is 4.09. The van der Waals surface area contributed by atoms with E-state index in [0.29, 0.717) is 5.82 Å². The zero-order valence-electron chi connectivity index (χ0n) is 10.5. The van der Waals surface area contributed by atoms with Crippen LogP contribution in [0.15, 0.2) is 16.6 Å². The van der Waals surface area contributed by atoms with E-state index in [-0.39, 0.29) is 0 Å². The molecular formula is C12H16N4S2. The Kier molecular flexibility index (Phi) is 4.54. The number of hydrogen-bond donors (Lipinski definition) is 1. The molecule has 0 atom stereocenters. The van der Waals surface area contributed by atoms with Gasteiger partial charge in [0, 0.05) is 22.9 Å². The van der Waals surface area contributed by atoms with Gasteiger partial charge in [-0.3, -0.25) is 0 Å². The molecule has 2 aromatic heterocycles. The molecule has 18 heavy (non-hydrogen) atoms. The van der Waals surface area contributed by atoms with Crippen molar-refractivity contribution in [3.05, 3.63) is 27.8 Å². The van der Waals surface area contributed by atoms with Crippen LogP contribution in [0.2, 0.25) is 0 Å². The van der Waals surface area contributed by atoms with E-state index in [1.165, 1.54) is 5.01 Å². The van der Waals surface area contributed by atoms with E-state index < -0.39 is 0 Å². The predicted octanol–water partition coefficient (Wildman–Crippen LogP) is 3.07. The monoisotopic (exact) mass is 280 g/mol. The summed E-state index contributed by atoms with van der Waals surface area (Å²) in [7, 11) is 0. The fourth-order valence-corrected chi connectivity index (χ4v) is 3.32. The van der Waals surface area contributed by atoms with Gasteiger partial charge in [-0.15, -0.1) is 11.3 Å². The summed E-state index contributed by atoms with van der Waals surface area (Å²) in [6, 6.07) is 1.77. The fourth-order valence-electron chi connectivity index (χ4n) is 1.51. The highest BCUT2D eigenvalue weighted by atomic mass is 32.2. The molecular weight excluding hydrogens is 264 g/mol. The highest BCUT2D eigenvalue weighted by Gasteiger charge is 2.05. The molecule has 0 bridgehead atoms. The maximum atomic E-state index is 5.69. The number of hydrogen-bond acceptors (Lipinski definition) is 6. The van der Waals surface area contributed by atoms with Crippen LogP contribution in [0, 0.1) is 6.92 Å². The SMILES string of the molecule is CCCc1nc(CSc2nc(C)cc(N)n2)cs1. The van der Waals surface area contributed by atoms with E-state index >= 15 is 0 Å². The molecule has 0 saturated heterocycles. The molecule has 0 aliphatic rings. The molecule has 0 amide bonds. The van der Waals surface area contributed by atoms with Crippen LogP contribution in [0.25, 0.3) is 0 Å². The largest absolute Gasteiger partial charge is 0.384 e. The number of aromatic nitrogens is 3. The normalized spacial score (nSPS) is 10.8. The average Bonchev–Trinajstić information content (AvgIpc) is 2.74. The lowest BCUT2D eigenvalue weighted by molar-refractivity contribution is 0.901. The number of anilines is 1. The van der Waals surface area contributed by atoms with E-state index in [1.54, 1.807) is 29.2 Å². The molecule has 0 spiro atoms. The molecule has 2 heterocycles. The van der Waals surface area contributed by atoms with E-state index in [4.69, 9.17) is 5.73 Å². The van der Waals surface area contributed by atoms with Gasteiger partial charge in [-0.1, -0.05) is 18.7 Å². The van der Waals surface area contributed by atoms with Crippen molar-refractivity contribution in [3.8, 4) is 0 Å². The molecule has 96 valence electrons. The second-order valence-electron chi connectivity index (χ2n) is 3.99. The zero-order chi connectivity index (χ0) is 13.0. The first-order valence-corrected chi connectivity index (χ1v) is 7.71. The summed E-state index contributed by atoms with van der Waals surface area (Å²) in [5.74, 6) is 1.32. The molecule has 4 nitrogen and oxygen atoms in total. The molecule has 2 N–H and O–H groups in total. The Morgan fingerprint density at radius 3 is 2.89 bits per heavy atom. The van der Waals surface area contributed by atoms with Gasteiger partial charge in [-0.05, 0) is 19.8 Å². The smallest absolute Gasteiger partial charge is 0.190 e. The van der Waals surface area contributed by atoms with Crippen molar-refractivity contribution in [2.45, 2.75) is 37.6 Å². The minimum atomic E-state index is 0.523. The number of aryl methyl sites for hydroxylation is 2. The first kappa shape index (κ1) is 13.3. The molecule has 0 unspecified atom stereocenters. The van der Waals surface area contributed by atoms with Crippen LogP contribution < -0.4 is 5.73 Å². The topological polar surface area (TPSA) is 64.7 Å². The summed E-state index contributed by atoms with van der Waals surface area (Å²) in [5.41, 5.74) is 7.69. The quantitative estimate of drug-likeness (QED) is 0.673. The van der Waals surface area contributed by atoms with Crippen molar-refractivity contribution < 1.29 is 0 Å². The molecule has 2 aromatic rings. The van der Waals surface area contributed by atoms with Gasteiger partial charge in [0.2, 0.25) is 0 Å². The minimum Gasteiger partial charge on any atom is -0.384 e. The Bertz CT molecular complexity index is 504. The highest BCUT2D eigenvalue weighted by molar-refractivity contribution is 7.98. The van der Waals surface area contributed by atoms with Crippen molar-refractivity contribution in [2.75, 3.05) is 5.73 Å². The third-order valence-corrected chi connectivity index (χ3v) is 4.10. The third-order valence-electron chi connectivity index (χ3n) is 2.27. The minimum absolute atomic E-state index is 0.523. The van der Waals surface area contributed by atoms with Crippen molar-refractivity contribution >= 4 is 28.9 Å². The van der Waals surface area contributed by atoms with Crippen LogP contribution in [-0.2, 0) is 12.2 Å². The number of thioether (sulfide) groups is 1. The Labute approximate surface area is 115 Å². The molecule has 6 heteroatoms. The summed E-state index contributed by atoms with van der Waals surface area (Å²) in [6.07, 6.45) is 2.20. The maximum absolute atomic E-state index is 5.69. The first-order valence-electron chi connectivity index (χ1n) is 5.84. The van der Waals surface area contributed by atoms with E-state index in [9.17, 15) is 0 Å². The molecule has 0 aliphatic heterocycles. The second-order valence-corrected chi connectivity index (χ2v) is 5.87. The maximum Gasteiger partial charge on any atom is 0.190 e. The van der Waals surface area contributed by atoms with E-state index in [1.807, 2.05) is 6.92 Å². The summed E-state index contributed by atoms with van der Waals surface area (Å²) >= 11 is 3.30. The predicted molar refractivity (Wildman–Crippen MR) is 76.9 cm³/mol. The highest BCUT2D eigenvalue weighted by Crippen LogP contribution is 2.22. The van der Waals surface area contributed by atoms with E-state index in [0.717, 1.165) is 35.1 Å². The second kappa shape index (κ2) is 6.15. The molecule has 0 aromatic carbocycles. The number of nitrogen functional groups attached to an aromatic ring is 1. The number of nitrogens with two attached hydrogens (primary N) is 1. The average molecular weight is 280 g/mol. The third kappa shape index (κ3) is 3.68. The van der Waals surface area contributed by atoms with Gasteiger partial charge in [0.1, 0.15) is 5.82 Å².